The summed E-state index contributed by atoms with van der Waals surface area (Å²) in [6.45, 7) is 2.03. The van der Waals surface area contributed by atoms with Crippen molar-refractivity contribution >= 4 is 11.6 Å². The van der Waals surface area contributed by atoms with E-state index in [4.69, 9.17) is 5.73 Å². The first-order valence-electron chi connectivity index (χ1n) is 6.07. The van der Waals surface area contributed by atoms with Gasteiger partial charge in [-0.2, -0.15) is 0 Å². The second kappa shape index (κ2) is 5.69. The quantitative estimate of drug-likeness (QED) is 0.847. The molecule has 5 heteroatoms. The molecule has 0 saturated heterocycles. The molecule has 0 radical (unpaired) electrons. The van der Waals surface area contributed by atoms with Gasteiger partial charge in [-0.15, -0.1) is 0 Å². The number of benzene rings is 2. The molecule has 1 amide bonds. The number of nitrogens with two attached hydrogens (primary N) is 1. The fourth-order valence-corrected chi connectivity index (χ4v) is 1.84. The molecule has 0 unspecified atom stereocenters. The number of halogens is 2. The van der Waals surface area contributed by atoms with E-state index in [2.05, 4.69) is 5.32 Å². The molecule has 104 valence electrons. The standard InChI is InChI=1S/C15H14F2N2O/c1-9-10(4-2-7-13(9)18)8-19-15(20)11-5-3-6-12(16)14(11)17/h2-7H,8,18H2,1H3,(H,19,20). The van der Waals surface area contributed by atoms with Crippen LogP contribution in [0.3, 0.4) is 0 Å². The molecule has 0 heterocycles. The maximum absolute atomic E-state index is 13.5. The van der Waals surface area contributed by atoms with Crippen LogP contribution < -0.4 is 11.1 Å². The van der Waals surface area contributed by atoms with Crippen LogP contribution in [0.1, 0.15) is 21.5 Å². The van der Waals surface area contributed by atoms with Crippen molar-refractivity contribution < 1.29 is 13.6 Å². The van der Waals surface area contributed by atoms with E-state index in [1.54, 1.807) is 12.1 Å². The van der Waals surface area contributed by atoms with Crippen molar-refractivity contribution in [2.24, 2.45) is 0 Å². The molecular weight excluding hydrogens is 262 g/mol. The Balaban J connectivity index is 2.13. The molecule has 2 aromatic rings. The van der Waals surface area contributed by atoms with E-state index >= 15 is 0 Å². The lowest BCUT2D eigenvalue weighted by atomic mass is 10.1. The van der Waals surface area contributed by atoms with Gasteiger partial charge in [0.1, 0.15) is 0 Å². The number of nitrogen functional groups attached to an aromatic ring is 1. The van der Waals surface area contributed by atoms with Crippen molar-refractivity contribution in [3.05, 3.63) is 64.7 Å². The van der Waals surface area contributed by atoms with Crippen LogP contribution in [0.5, 0.6) is 0 Å². The number of carbonyl (C=O) groups excluding carboxylic acids is 1. The Kier molecular flexibility index (Phi) is 3.98. The first kappa shape index (κ1) is 14.0. The fourth-order valence-electron chi connectivity index (χ4n) is 1.84. The molecule has 0 fully saturated rings. The first-order valence-corrected chi connectivity index (χ1v) is 6.07. The number of amides is 1. The Morgan fingerprint density at radius 2 is 1.90 bits per heavy atom. The molecule has 0 spiro atoms. The van der Waals surface area contributed by atoms with Gasteiger partial charge < -0.3 is 11.1 Å². The Morgan fingerprint density at radius 1 is 1.20 bits per heavy atom. The summed E-state index contributed by atoms with van der Waals surface area (Å²) in [5.74, 6) is -2.85. The monoisotopic (exact) mass is 276 g/mol. The van der Waals surface area contributed by atoms with E-state index in [-0.39, 0.29) is 12.1 Å². The molecule has 0 aliphatic heterocycles. The van der Waals surface area contributed by atoms with Gasteiger partial charge in [-0.3, -0.25) is 4.79 Å². The zero-order chi connectivity index (χ0) is 14.7. The summed E-state index contributed by atoms with van der Waals surface area (Å²) in [6, 6.07) is 8.83. The molecule has 20 heavy (non-hydrogen) atoms. The number of hydrogen-bond donors (Lipinski definition) is 2. The smallest absolute Gasteiger partial charge is 0.254 e. The van der Waals surface area contributed by atoms with Crippen molar-refractivity contribution in [2.45, 2.75) is 13.5 Å². The van der Waals surface area contributed by atoms with Gasteiger partial charge in [0.25, 0.3) is 5.91 Å². The molecule has 3 nitrogen and oxygen atoms in total. The van der Waals surface area contributed by atoms with E-state index in [1.165, 1.54) is 12.1 Å². The Labute approximate surface area is 115 Å². The van der Waals surface area contributed by atoms with Gasteiger partial charge in [0.2, 0.25) is 0 Å². The highest BCUT2D eigenvalue weighted by molar-refractivity contribution is 5.94. The van der Waals surface area contributed by atoms with Crippen molar-refractivity contribution in [2.75, 3.05) is 5.73 Å². The summed E-state index contributed by atoms with van der Waals surface area (Å²) in [5, 5.41) is 2.55. The highest BCUT2D eigenvalue weighted by atomic mass is 19.2. The van der Waals surface area contributed by atoms with E-state index in [1.807, 2.05) is 13.0 Å². The predicted octanol–water partition coefficient (Wildman–Crippen LogP) is 2.79. The van der Waals surface area contributed by atoms with Gasteiger partial charge in [-0.25, -0.2) is 8.78 Å². The summed E-state index contributed by atoms with van der Waals surface area (Å²) in [4.78, 5) is 11.8. The predicted molar refractivity (Wildman–Crippen MR) is 73.1 cm³/mol. The number of nitrogens with one attached hydrogen (secondary N) is 1. The zero-order valence-electron chi connectivity index (χ0n) is 10.9. The lowest BCUT2D eigenvalue weighted by molar-refractivity contribution is 0.0946. The minimum absolute atomic E-state index is 0.200. The SMILES string of the molecule is Cc1c(N)cccc1CNC(=O)c1cccc(F)c1F. The van der Waals surface area contributed by atoms with Crippen LogP contribution in [0.15, 0.2) is 36.4 Å². The first-order chi connectivity index (χ1) is 9.50. The minimum Gasteiger partial charge on any atom is -0.399 e. The van der Waals surface area contributed by atoms with Gasteiger partial charge in [-0.1, -0.05) is 18.2 Å². The highest BCUT2D eigenvalue weighted by Gasteiger charge is 2.14. The lowest BCUT2D eigenvalue weighted by Crippen LogP contribution is -2.24. The molecule has 0 aliphatic carbocycles. The Bertz CT molecular complexity index is 656. The third-order valence-corrected chi connectivity index (χ3v) is 3.12. The van der Waals surface area contributed by atoms with E-state index in [9.17, 15) is 13.6 Å². The maximum Gasteiger partial charge on any atom is 0.254 e. The van der Waals surface area contributed by atoms with E-state index in [0.29, 0.717) is 5.69 Å². The Morgan fingerprint density at radius 3 is 2.65 bits per heavy atom. The van der Waals surface area contributed by atoms with Crippen molar-refractivity contribution in [1.82, 2.24) is 5.32 Å². The van der Waals surface area contributed by atoms with Gasteiger partial charge in [0.05, 0.1) is 5.56 Å². The van der Waals surface area contributed by atoms with Crippen molar-refractivity contribution in [1.29, 1.82) is 0 Å². The second-order valence-electron chi connectivity index (χ2n) is 4.42. The summed E-state index contributed by atoms with van der Waals surface area (Å²) in [5.41, 5.74) is 7.75. The summed E-state index contributed by atoms with van der Waals surface area (Å²) >= 11 is 0. The number of anilines is 1. The number of carbonyl (C=O) groups is 1. The average molecular weight is 276 g/mol. The average Bonchev–Trinajstić information content (AvgIpc) is 2.43. The van der Waals surface area contributed by atoms with Gasteiger partial charge in [0.15, 0.2) is 11.6 Å². The minimum atomic E-state index is -1.14. The van der Waals surface area contributed by atoms with Crippen LogP contribution in [0.2, 0.25) is 0 Å². The van der Waals surface area contributed by atoms with Gasteiger partial charge >= 0.3 is 0 Å². The fraction of sp³-hybridized carbons (Fsp3) is 0.133. The number of rotatable bonds is 3. The van der Waals surface area contributed by atoms with Crippen LogP contribution in [0, 0.1) is 18.6 Å². The topological polar surface area (TPSA) is 55.1 Å². The largest absolute Gasteiger partial charge is 0.399 e. The van der Waals surface area contributed by atoms with Crippen LogP contribution in [-0.4, -0.2) is 5.91 Å². The maximum atomic E-state index is 13.5. The molecule has 0 aliphatic rings. The van der Waals surface area contributed by atoms with Gasteiger partial charge in [0, 0.05) is 12.2 Å². The summed E-state index contributed by atoms with van der Waals surface area (Å²) in [7, 11) is 0. The third kappa shape index (κ3) is 2.77. The molecule has 2 aromatic carbocycles. The second-order valence-corrected chi connectivity index (χ2v) is 4.42. The van der Waals surface area contributed by atoms with Crippen LogP contribution in [-0.2, 0) is 6.54 Å². The van der Waals surface area contributed by atoms with E-state index < -0.39 is 17.5 Å². The molecular formula is C15H14F2N2O. The normalized spacial score (nSPS) is 10.3. The molecule has 0 aromatic heterocycles. The molecule has 2 rings (SSSR count). The van der Waals surface area contributed by atoms with Gasteiger partial charge in [-0.05, 0) is 36.2 Å². The van der Waals surface area contributed by atoms with Crippen LogP contribution >= 0.6 is 0 Å². The Hall–Kier alpha value is -2.43. The van der Waals surface area contributed by atoms with Crippen LogP contribution in [0.25, 0.3) is 0 Å². The molecule has 0 saturated carbocycles. The summed E-state index contributed by atoms with van der Waals surface area (Å²) in [6.07, 6.45) is 0. The third-order valence-electron chi connectivity index (χ3n) is 3.12. The van der Waals surface area contributed by atoms with Crippen molar-refractivity contribution in [3.63, 3.8) is 0 Å². The highest BCUT2D eigenvalue weighted by Crippen LogP contribution is 2.16. The van der Waals surface area contributed by atoms with Crippen LogP contribution in [0.4, 0.5) is 14.5 Å². The molecule has 0 bridgehead atoms. The lowest BCUT2D eigenvalue weighted by Gasteiger charge is -2.10. The van der Waals surface area contributed by atoms with E-state index in [0.717, 1.165) is 17.2 Å². The van der Waals surface area contributed by atoms with Crippen molar-refractivity contribution in [3.8, 4) is 0 Å². The molecule has 0 atom stereocenters. The number of hydrogen-bond acceptors (Lipinski definition) is 2. The summed E-state index contributed by atoms with van der Waals surface area (Å²) < 4.78 is 26.5. The molecule has 3 N–H and O–H groups in total. The zero-order valence-corrected chi connectivity index (χ0v) is 10.9.